The van der Waals surface area contributed by atoms with E-state index in [0.717, 1.165) is 3.57 Å². The molecule has 1 N–H and O–H groups in total. The molecule has 18 heavy (non-hydrogen) atoms. The molecule has 1 aromatic rings. The number of amides is 2. The van der Waals surface area contributed by atoms with E-state index < -0.39 is 6.04 Å². The van der Waals surface area contributed by atoms with Gasteiger partial charge in [0.25, 0.3) is 5.91 Å². The maximum atomic E-state index is 12.0. The second-order valence-electron chi connectivity index (χ2n) is 4.05. The fourth-order valence-corrected chi connectivity index (χ4v) is 2.51. The van der Waals surface area contributed by atoms with Crippen LogP contribution in [0.15, 0.2) is 18.2 Å². The lowest BCUT2D eigenvalue weighted by molar-refractivity contribution is -0.130. The van der Waals surface area contributed by atoms with Crippen molar-refractivity contribution in [3.8, 4) is 0 Å². The van der Waals surface area contributed by atoms with Gasteiger partial charge in [-0.15, -0.1) is 0 Å². The first-order valence-electron chi connectivity index (χ1n) is 5.30. The van der Waals surface area contributed by atoms with Gasteiger partial charge in [0.15, 0.2) is 0 Å². The lowest BCUT2D eigenvalue weighted by Gasteiger charge is -2.18. The molecular weight excluding hydrogens is 367 g/mol. The summed E-state index contributed by atoms with van der Waals surface area (Å²) >= 11 is 7.86. The van der Waals surface area contributed by atoms with Crippen molar-refractivity contribution in [1.29, 1.82) is 0 Å². The van der Waals surface area contributed by atoms with E-state index in [9.17, 15) is 9.59 Å². The molecule has 0 aliphatic rings. The summed E-state index contributed by atoms with van der Waals surface area (Å²) in [4.78, 5) is 25.1. The van der Waals surface area contributed by atoms with Crippen LogP contribution in [0.25, 0.3) is 0 Å². The number of nitrogens with zero attached hydrogens (tertiary/aromatic N) is 1. The first-order valence-corrected chi connectivity index (χ1v) is 6.75. The number of halogens is 2. The standard InChI is InChI=1S/C12H14ClIN2O2/c1-7(12(18)16(2)3)15-11(17)9-5-4-8(13)6-10(9)14/h4-7H,1-3H3,(H,15,17)/t7-/m0/s1. The van der Waals surface area contributed by atoms with E-state index in [2.05, 4.69) is 5.32 Å². The highest BCUT2D eigenvalue weighted by Crippen LogP contribution is 2.18. The number of likely N-dealkylation sites (N-methyl/N-ethyl adjacent to an activating group) is 1. The minimum atomic E-state index is -0.557. The third-order valence-electron chi connectivity index (χ3n) is 2.33. The molecule has 0 heterocycles. The molecule has 1 rings (SSSR count). The lowest BCUT2D eigenvalue weighted by atomic mass is 10.2. The van der Waals surface area contributed by atoms with E-state index in [1.54, 1.807) is 39.2 Å². The molecule has 0 saturated heterocycles. The van der Waals surface area contributed by atoms with Gasteiger partial charge in [-0.3, -0.25) is 9.59 Å². The summed E-state index contributed by atoms with van der Waals surface area (Å²) < 4.78 is 0.752. The Morgan fingerprint density at radius 2 is 2.00 bits per heavy atom. The molecule has 0 fully saturated rings. The SMILES string of the molecule is C[C@H](NC(=O)c1ccc(Cl)cc1I)C(=O)N(C)C. The Labute approximate surface area is 125 Å². The summed E-state index contributed by atoms with van der Waals surface area (Å²) in [6.07, 6.45) is 0. The highest BCUT2D eigenvalue weighted by atomic mass is 127. The number of hydrogen-bond donors (Lipinski definition) is 1. The molecule has 0 saturated carbocycles. The average molecular weight is 381 g/mol. The van der Waals surface area contributed by atoms with Crippen molar-refractivity contribution in [2.75, 3.05) is 14.1 Å². The van der Waals surface area contributed by atoms with Crippen molar-refractivity contribution in [3.63, 3.8) is 0 Å². The molecule has 1 atom stereocenters. The van der Waals surface area contributed by atoms with Crippen molar-refractivity contribution < 1.29 is 9.59 Å². The van der Waals surface area contributed by atoms with Gasteiger partial charge in [-0.25, -0.2) is 0 Å². The molecule has 6 heteroatoms. The van der Waals surface area contributed by atoms with Gasteiger partial charge < -0.3 is 10.2 Å². The van der Waals surface area contributed by atoms with E-state index in [-0.39, 0.29) is 11.8 Å². The molecule has 0 aliphatic heterocycles. The number of benzene rings is 1. The predicted octanol–water partition coefficient (Wildman–Crippen LogP) is 2.15. The summed E-state index contributed by atoms with van der Waals surface area (Å²) in [7, 11) is 3.30. The monoisotopic (exact) mass is 380 g/mol. The number of hydrogen-bond acceptors (Lipinski definition) is 2. The zero-order valence-corrected chi connectivity index (χ0v) is 13.2. The van der Waals surface area contributed by atoms with Crippen LogP contribution in [0.5, 0.6) is 0 Å². The van der Waals surface area contributed by atoms with Gasteiger partial charge in [-0.05, 0) is 47.7 Å². The van der Waals surface area contributed by atoms with Crippen molar-refractivity contribution in [3.05, 3.63) is 32.4 Å². The maximum absolute atomic E-state index is 12.0. The molecule has 0 aliphatic carbocycles. The van der Waals surface area contributed by atoms with Crippen LogP contribution < -0.4 is 5.32 Å². The minimum Gasteiger partial charge on any atom is -0.347 e. The summed E-state index contributed by atoms with van der Waals surface area (Å²) in [5.41, 5.74) is 0.512. The van der Waals surface area contributed by atoms with Crippen molar-refractivity contribution in [1.82, 2.24) is 10.2 Å². The normalized spacial score (nSPS) is 11.8. The van der Waals surface area contributed by atoms with E-state index in [1.165, 1.54) is 4.90 Å². The summed E-state index contributed by atoms with van der Waals surface area (Å²) in [6.45, 7) is 1.66. The first-order chi connectivity index (χ1) is 8.32. The Balaban J connectivity index is 2.80. The molecule has 0 radical (unpaired) electrons. The molecular formula is C12H14ClIN2O2. The number of carbonyl (C=O) groups excluding carboxylic acids is 2. The summed E-state index contributed by atoms with van der Waals surface area (Å²) in [6, 6.07) is 4.44. The van der Waals surface area contributed by atoms with Gasteiger partial charge in [0.2, 0.25) is 5.91 Å². The second kappa shape index (κ2) is 6.38. The summed E-state index contributed by atoms with van der Waals surface area (Å²) in [5.74, 6) is -0.425. The molecule has 0 unspecified atom stereocenters. The van der Waals surface area contributed by atoms with Crippen LogP contribution in [0.2, 0.25) is 5.02 Å². The van der Waals surface area contributed by atoms with Crippen LogP contribution in [-0.2, 0) is 4.79 Å². The van der Waals surface area contributed by atoms with E-state index in [0.29, 0.717) is 10.6 Å². The van der Waals surface area contributed by atoms with Crippen LogP contribution in [-0.4, -0.2) is 36.9 Å². The van der Waals surface area contributed by atoms with Crippen LogP contribution in [0, 0.1) is 3.57 Å². The predicted molar refractivity (Wildman–Crippen MR) is 79.8 cm³/mol. The molecule has 4 nitrogen and oxygen atoms in total. The quantitative estimate of drug-likeness (QED) is 0.817. The third-order valence-corrected chi connectivity index (χ3v) is 3.46. The molecule has 1 aromatic carbocycles. The van der Waals surface area contributed by atoms with E-state index in [4.69, 9.17) is 11.6 Å². The Morgan fingerprint density at radius 3 is 2.50 bits per heavy atom. The maximum Gasteiger partial charge on any atom is 0.252 e. The fourth-order valence-electron chi connectivity index (χ4n) is 1.40. The van der Waals surface area contributed by atoms with Crippen LogP contribution >= 0.6 is 34.2 Å². The molecule has 0 spiro atoms. The molecule has 98 valence electrons. The highest BCUT2D eigenvalue weighted by Gasteiger charge is 2.19. The second-order valence-corrected chi connectivity index (χ2v) is 5.65. The number of carbonyl (C=O) groups is 2. The molecule has 0 bridgehead atoms. The average Bonchev–Trinajstić information content (AvgIpc) is 2.27. The van der Waals surface area contributed by atoms with Crippen molar-refractivity contribution in [2.24, 2.45) is 0 Å². The Hall–Kier alpha value is -0.820. The lowest BCUT2D eigenvalue weighted by Crippen LogP contribution is -2.44. The van der Waals surface area contributed by atoms with Gasteiger partial charge in [0.05, 0.1) is 5.56 Å². The van der Waals surface area contributed by atoms with Gasteiger partial charge in [0.1, 0.15) is 6.04 Å². The largest absolute Gasteiger partial charge is 0.347 e. The number of nitrogens with one attached hydrogen (secondary N) is 1. The minimum absolute atomic E-state index is 0.146. The summed E-state index contributed by atoms with van der Waals surface area (Å²) in [5, 5.41) is 3.24. The fraction of sp³-hybridized carbons (Fsp3) is 0.333. The molecule has 2 amide bonds. The van der Waals surface area contributed by atoms with Crippen LogP contribution in [0.1, 0.15) is 17.3 Å². The van der Waals surface area contributed by atoms with Crippen LogP contribution in [0.3, 0.4) is 0 Å². The topological polar surface area (TPSA) is 49.4 Å². The van der Waals surface area contributed by atoms with Gasteiger partial charge in [0, 0.05) is 22.7 Å². The van der Waals surface area contributed by atoms with Gasteiger partial charge >= 0.3 is 0 Å². The van der Waals surface area contributed by atoms with Gasteiger partial charge in [-0.1, -0.05) is 11.6 Å². The molecule has 0 aromatic heterocycles. The van der Waals surface area contributed by atoms with E-state index in [1.807, 2.05) is 22.6 Å². The van der Waals surface area contributed by atoms with E-state index >= 15 is 0 Å². The van der Waals surface area contributed by atoms with Crippen LogP contribution in [0.4, 0.5) is 0 Å². The third kappa shape index (κ3) is 3.84. The Kier molecular flexibility index (Phi) is 5.40. The Morgan fingerprint density at radius 1 is 1.39 bits per heavy atom. The van der Waals surface area contributed by atoms with Gasteiger partial charge in [-0.2, -0.15) is 0 Å². The van der Waals surface area contributed by atoms with Crippen molar-refractivity contribution in [2.45, 2.75) is 13.0 Å². The first kappa shape index (κ1) is 15.2. The number of rotatable bonds is 3. The smallest absolute Gasteiger partial charge is 0.252 e. The zero-order chi connectivity index (χ0) is 13.9. The Bertz CT molecular complexity index is 477. The zero-order valence-electron chi connectivity index (χ0n) is 10.3. The highest BCUT2D eigenvalue weighted by molar-refractivity contribution is 14.1. The van der Waals surface area contributed by atoms with Crippen molar-refractivity contribution >= 4 is 46.0 Å².